The van der Waals surface area contributed by atoms with Gasteiger partial charge in [0, 0.05) is 19.1 Å². The molecule has 0 spiro atoms. The monoisotopic (exact) mass is 227 g/mol. The minimum absolute atomic E-state index is 0.159. The highest BCUT2D eigenvalue weighted by Gasteiger charge is 2.14. The molecule has 1 saturated heterocycles. The molecule has 1 unspecified atom stereocenters. The van der Waals surface area contributed by atoms with Crippen molar-refractivity contribution in [3.63, 3.8) is 0 Å². The highest BCUT2D eigenvalue weighted by molar-refractivity contribution is 5.71. The number of hydrogen-bond donors (Lipinski definition) is 0. The molecule has 1 aliphatic rings. The van der Waals surface area contributed by atoms with Crippen molar-refractivity contribution in [2.24, 2.45) is 0 Å². The lowest BCUT2D eigenvalue weighted by atomic mass is 10.2. The first-order valence-corrected chi connectivity index (χ1v) is 5.88. The summed E-state index contributed by atoms with van der Waals surface area (Å²) in [5.41, 5.74) is 0. The number of esters is 1. The Kier molecular flexibility index (Phi) is 6.11. The summed E-state index contributed by atoms with van der Waals surface area (Å²) in [6.07, 6.45) is 4.31. The molecule has 92 valence electrons. The molecular formula is C12H21NO3. The third-order valence-corrected chi connectivity index (χ3v) is 2.63. The van der Waals surface area contributed by atoms with Gasteiger partial charge in [0.1, 0.15) is 0 Å². The van der Waals surface area contributed by atoms with Gasteiger partial charge in [0.05, 0.1) is 26.2 Å². The van der Waals surface area contributed by atoms with Crippen molar-refractivity contribution in [1.82, 2.24) is 4.90 Å². The first-order valence-electron chi connectivity index (χ1n) is 5.88. The average Bonchev–Trinajstić information content (AvgIpc) is 2.30. The molecule has 1 heterocycles. The summed E-state index contributed by atoms with van der Waals surface area (Å²) < 4.78 is 10.1. The molecule has 16 heavy (non-hydrogen) atoms. The van der Waals surface area contributed by atoms with Crippen LogP contribution in [0.3, 0.4) is 0 Å². The molecule has 0 bridgehead atoms. The Bertz CT molecular complexity index is 234. The molecule has 0 saturated carbocycles. The van der Waals surface area contributed by atoms with Gasteiger partial charge in [0.2, 0.25) is 0 Å². The lowest BCUT2D eigenvalue weighted by molar-refractivity contribution is -0.142. The van der Waals surface area contributed by atoms with Crippen LogP contribution in [0.5, 0.6) is 0 Å². The fraction of sp³-hybridized carbons (Fsp3) is 0.750. The normalized spacial score (nSPS) is 19.9. The first kappa shape index (κ1) is 13.2. The Labute approximate surface area is 97.2 Å². The van der Waals surface area contributed by atoms with Crippen LogP contribution in [0.25, 0.3) is 0 Å². The zero-order valence-corrected chi connectivity index (χ0v) is 10.1. The second kappa shape index (κ2) is 7.41. The topological polar surface area (TPSA) is 38.8 Å². The van der Waals surface area contributed by atoms with Crippen molar-refractivity contribution >= 4 is 5.97 Å². The Morgan fingerprint density at radius 1 is 1.50 bits per heavy atom. The summed E-state index contributed by atoms with van der Waals surface area (Å²) in [6.45, 7) is 7.93. The first-order chi connectivity index (χ1) is 7.74. The summed E-state index contributed by atoms with van der Waals surface area (Å²) in [5.74, 6) is -0.159. The standard InChI is InChI=1S/C12H21NO3/c1-3-16-12(14)6-4-5-11(2)13-7-9-15-10-8-13/h4-5,11H,3,6-10H2,1-2H3/b5-4+. The van der Waals surface area contributed by atoms with Crippen LogP contribution < -0.4 is 0 Å². The van der Waals surface area contributed by atoms with E-state index in [0.717, 1.165) is 26.3 Å². The van der Waals surface area contributed by atoms with Gasteiger partial charge in [0.25, 0.3) is 0 Å². The lowest BCUT2D eigenvalue weighted by Gasteiger charge is -2.30. The molecule has 0 aromatic carbocycles. The smallest absolute Gasteiger partial charge is 0.309 e. The minimum atomic E-state index is -0.159. The van der Waals surface area contributed by atoms with E-state index in [1.54, 1.807) is 0 Å². The zero-order chi connectivity index (χ0) is 11.8. The number of rotatable bonds is 5. The molecular weight excluding hydrogens is 206 g/mol. The fourth-order valence-electron chi connectivity index (χ4n) is 1.69. The molecule has 0 radical (unpaired) electrons. The van der Waals surface area contributed by atoms with Gasteiger partial charge in [0.15, 0.2) is 0 Å². The Morgan fingerprint density at radius 2 is 2.19 bits per heavy atom. The van der Waals surface area contributed by atoms with E-state index in [0.29, 0.717) is 19.1 Å². The van der Waals surface area contributed by atoms with Crippen LogP contribution in [0.15, 0.2) is 12.2 Å². The molecule has 1 atom stereocenters. The molecule has 0 aromatic heterocycles. The summed E-state index contributed by atoms with van der Waals surface area (Å²) in [6, 6.07) is 0.360. The maximum Gasteiger partial charge on any atom is 0.309 e. The van der Waals surface area contributed by atoms with Crippen molar-refractivity contribution in [3.8, 4) is 0 Å². The molecule has 0 amide bonds. The van der Waals surface area contributed by atoms with E-state index in [1.807, 2.05) is 13.0 Å². The van der Waals surface area contributed by atoms with Crippen molar-refractivity contribution in [2.45, 2.75) is 26.3 Å². The number of carbonyl (C=O) groups excluding carboxylic acids is 1. The lowest BCUT2D eigenvalue weighted by Crippen LogP contribution is -2.41. The summed E-state index contributed by atoms with van der Waals surface area (Å²) >= 11 is 0. The van der Waals surface area contributed by atoms with E-state index in [-0.39, 0.29) is 5.97 Å². The predicted octanol–water partition coefficient (Wildman–Crippen LogP) is 1.22. The number of carbonyl (C=O) groups is 1. The van der Waals surface area contributed by atoms with E-state index in [2.05, 4.69) is 17.9 Å². The molecule has 1 fully saturated rings. The fourth-order valence-corrected chi connectivity index (χ4v) is 1.69. The van der Waals surface area contributed by atoms with Crippen LogP contribution in [-0.2, 0) is 14.3 Å². The van der Waals surface area contributed by atoms with Crippen LogP contribution in [-0.4, -0.2) is 49.8 Å². The van der Waals surface area contributed by atoms with Crippen LogP contribution in [0.1, 0.15) is 20.3 Å². The maximum atomic E-state index is 11.1. The van der Waals surface area contributed by atoms with Crippen molar-refractivity contribution in [3.05, 3.63) is 12.2 Å². The van der Waals surface area contributed by atoms with Gasteiger partial charge >= 0.3 is 5.97 Å². The average molecular weight is 227 g/mol. The van der Waals surface area contributed by atoms with Crippen LogP contribution in [0, 0.1) is 0 Å². The third kappa shape index (κ3) is 4.77. The molecule has 1 rings (SSSR count). The Balaban J connectivity index is 2.23. The molecule has 4 heteroatoms. The third-order valence-electron chi connectivity index (χ3n) is 2.63. The van der Waals surface area contributed by atoms with E-state index < -0.39 is 0 Å². The number of ether oxygens (including phenoxy) is 2. The molecule has 0 N–H and O–H groups in total. The van der Waals surface area contributed by atoms with Gasteiger partial charge in [-0.05, 0) is 13.8 Å². The molecule has 4 nitrogen and oxygen atoms in total. The van der Waals surface area contributed by atoms with E-state index >= 15 is 0 Å². The highest BCUT2D eigenvalue weighted by Crippen LogP contribution is 2.05. The van der Waals surface area contributed by atoms with Gasteiger partial charge in [-0.1, -0.05) is 12.2 Å². The van der Waals surface area contributed by atoms with Crippen molar-refractivity contribution < 1.29 is 14.3 Å². The van der Waals surface area contributed by atoms with Gasteiger partial charge in [-0.25, -0.2) is 0 Å². The largest absolute Gasteiger partial charge is 0.466 e. The second-order valence-electron chi connectivity index (χ2n) is 3.83. The Morgan fingerprint density at radius 3 is 2.81 bits per heavy atom. The second-order valence-corrected chi connectivity index (χ2v) is 3.83. The summed E-state index contributed by atoms with van der Waals surface area (Å²) in [7, 11) is 0. The number of hydrogen-bond acceptors (Lipinski definition) is 4. The highest BCUT2D eigenvalue weighted by atomic mass is 16.5. The van der Waals surface area contributed by atoms with Gasteiger partial charge < -0.3 is 9.47 Å². The maximum absolute atomic E-state index is 11.1. The van der Waals surface area contributed by atoms with Crippen LogP contribution >= 0.6 is 0 Å². The molecule has 0 aromatic rings. The van der Waals surface area contributed by atoms with E-state index in [4.69, 9.17) is 9.47 Å². The van der Waals surface area contributed by atoms with Crippen molar-refractivity contribution in [1.29, 1.82) is 0 Å². The van der Waals surface area contributed by atoms with Crippen LogP contribution in [0.4, 0.5) is 0 Å². The minimum Gasteiger partial charge on any atom is -0.466 e. The quantitative estimate of drug-likeness (QED) is 0.523. The SMILES string of the molecule is CCOC(=O)C/C=C/C(C)N1CCOCC1. The number of morpholine rings is 1. The molecule has 1 aliphatic heterocycles. The van der Waals surface area contributed by atoms with Crippen LogP contribution in [0.2, 0.25) is 0 Å². The van der Waals surface area contributed by atoms with Gasteiger partial charge in [-0.3, -0.25) is 9.69 Å². The van der Waals surface area contributed by atoms with E-state index in [9.17, 15) is 4.79 Å². The van der Waals surface area contributed by atoms with E-state index in [1.165, 1.54) is 0 Å². The number of nitrogens with zero attached hydrogens (tertiary/aromatic N) is 1. The molecule has 0 aliphatic carbocycles. The van der Waals surface area contributed by atoms with Gasteiger partial charge in [-0.15, -0.1) is 0 Å². The van der Waals surface area contributed by atoms with Crippen molar-refractivity contribution in [2.75, 3.05) is 32.9 Å². The predicted molar refractivity (Wildman–Crippen MR) is 62.2 cm³/mol. The Hall–Kier alpha value is -0.870. The summed E-state index contributed by atoms with van der Waals surface area (Å²) in [5, 5.41) is 0. The zero-order valence-electron chi connectivity index (χ0n) is 10.1. The van der Waals surface area contributed by atoms with Gasteiger partial charge in [-0.2, -0.15) is 0 Å². The summed E-state index contributed by atoms with van der Waals surface area (Å²) in [4.78, 5) is 13.4.